The van der Waals surface area contributed by atoms with E-state index in [0.717, 1.165) is 10.7 Å². The fourth-order valence-electron chi connectivity index (χ4n) is 1.71. The number of alkyl halides is 1. The lowest BCUT2D eigenvalue weighted by atomic mass is 10.2. The molecule has 0 spiro atoms. The van der Waals surface area contributed by atoms with Crippen LogP contribution in [0.5, 0.6) is 0 Å². The smallest absolute Gasteiger partial charge is 0.300 e. The summed E-state index contributed by atoms with van der Waals surface area (Å²) < 4.78 is 1.52. The number of hydrogen-bond donors (Lipinski definition) is 1. The van der Waals surface area contributed by atoms with Crippen molar-refractivity contribution in [3.63, 3.8) is 0 Å². The van der Waals surface area contributed by atoms with Gasteiger partial charge in [-0.3, -0.25) is 14.3 Å². The predicted molar refractivity (Wildman–Crippen MR) is 76.1 cm³/mol. The van der Waals surface area contributed by atoms with Gasteiger partial charge in [0.25, 0.3) is 5.56 Å². The van der Waals surface area contributed by atoms with Gasteiger partial charge in [0, 0.05) is 30.1 Å². The Morgan fingerprint density at radius 1 is 1.47 bits per heavy atom. The molecule has 0 aliphatic carbocycles. The van der Waals surface area contributed by atoms with Crippen molar-refractivity contribution in [2.45, 2.75) is 32.2 Å². The highest BCUT2D eigenvalue weighted by atomic mass is 35.5. The van der Waals surface area contributed by atoms with Crippen LogP contribution in [0.1, 0.15) is 23.2 Å². The number of thiazole rings is 1. The zero-order valence-corrected chi connectivity index (χ0v) is 12.1. The second-order valence-electron chi connectivity index (χ2n) is 4.08. The number of rotatable bonds is 5. The molecule has 0 unspecified atom stereocenters. The van der Waals surface area contributed by atoms with Gasteiger partial charge in [-0.15, -0.1) is 22.9 Å². The molecule has 0 radical (unpaired) electrons. The fraction of sp³-hybridized carbons (Fsp3) is 0.417. The number of aryl methyl sites for hydroxylation is 3. The summed E-state index contributed by atoms with van der Waals surface area (Å²) in [6, 6.07) is 0. The highest BCUT2D eigenvalue weighted by molar-refractivity contribution is 7.09. The zero-order chi connectivity index (χ0) is 13.8. The van der Waals surface area contributed by atoms with Crippen molar-refractivity contribution >= 4 is 22.9 Å². The Morgan fingerprint density at radius 2 is 2.26 bits per heavy atom. The van der Waals surface area contributed by atoms with Crippen molar-refractivity contribution < 1.29 is 0 Å². The van der Waals surface area contributed by atoms with Crippen LogP contribution in [0, 0.1) is 0 Å². The van der Waals surface area contributed by atoms with Crippen LogP contribution < -0.4 is 11.2 Å². The van der Waals surface area contributed by atoms with E-state index < -0.39 is 0 Å². The van der Waals surface area contributed by atoms with Crippen LogP contribution in [0.15, 0.2) is 21.2 Å². The Labute approximate surface area is 118 Å². The lowest BCUT2D eigenvalue weighted by Gasteiger charge is -2.05. The van der Waals surface area contributed by atoms with Gasteiger partial charge in [-0.05, 0) is 6.42 Å². The summed E-state index contributed by atoms with van der Waals surface area (Å²) in [4.78, 5) is 29.8. The van der Waals surface area contributed by atoms with Crippen molar-refractivity contribution in [3.8, 4) is 0 Å². The Hall–Kier alpha value is -1.40. The summed E-state index contributed by atoms with van der Waals surface area (Å²) in [6.07, 6.45) is 2.87. The third-order valence-corrected chi connectivity index (χ3v) is 4.00. The molecule has 0 saturated carbocycles. The van der Waals surface area contributed by atoms with Gasteiger partial charge >= 0.3 is 5.69 Å². The number of nitrogens with one attached hydrogen (secondary N) is 1. The fourth-order valence-corrected chi connectivity index (χ4v) is 2.73. The van der Waals surface area contributed by atoms with Gasteiger partial charge in [0.05, 0.1) is 16.6 Å². The number of H-pyrrole nitrogens is 1. The first kappa shape index (κ1) is 14.0. The molecule has 7 heteroatoms. The van der Waals surface area contributed by atoms with Crippen molar-refractivity contribution in [3.05, 3.63) is 48.7 Å². The number of hydrogen-bond acceptors (Lipinski definition) is 4. The van der Waals surface area contributed by atoms with Crippen molar-refractivity contribution in [1.29, 1.82) is 0 Å². The van der Waals surface area contributed by atoms with Crippen LogP contribution in [0.3, 0.4) is 0 Å². The van der Waals surface area contributed by atoms with E-state index in [-0.39, 0.29) is 11.2 Å². The average molecular weight is 300 g/mol. The summed E-state index contributed by atoms with van der Waals surface area (Å²) >= 11 is 7.22. The number of aromatic nitrogens is 3. The lowest BCUT2D eigenvalue weighted by molar-refractivity contribution is 0.635. The molecule has 1 N–H and O–H groups in total. The van der Waals surface area contributed by atoms with Crippen LogP contribution in [0.4, 0.5) is 0 Å². The summed E-state index contributed by atoms with van der Waals surface area (Å²) in [7, 11) is 0. The third kappa shape index (κ3) is 3.33. The monoisotopic (exact) mass is 299 g/mol. The second kappa shape index (κ2) is 6.16. The largest absolute Gasteiger partial charge is 0.328 e. The zero-order valence-electron chi connectivity index (χ0n) is 10.5. The molecular weight excluding hydrogens is 286 g/mol. The van der Waals surface area contributed by atoms with E-state index in [9.17, 15) is 9.59 Å². The lowest BCUT2D eigenvalue weighted by Crippen LogP contribution is -2.32. The third-order valence-electron chi connectivity index (χ3n) is 2.77. The summed E-state index contributed by atoms with van der Waals surface area (Å²) in [6.45, 7) is 2.38. The molecule has 0 fully saturated rings. The maximum absolute atomic E-state index is 11.7. The number of aromatic amines is 1. The topological polar surface area (TPSA) is 67.8 Å². The van der Waals surface area contributed by atoms with Crippen molar-refractivity contribution in [2.24, 2.45) is 0 Å². The van der Waals surface area contributed by atoms with Gasteiger partial charge in [-0.25, -0.2) is 9.78 Å². The van der Waals surface area contributed by atoms with E-state index in [4.69, 9.17) is 11.6 Å². The van der Waals surface area contributed by atoms with Gasteiger partial charge in [-0.2, -0.15) is 0 Å². The van der Waals surface area contributed by atoms with Gasteiger partial charge in [-0.1, -0.05) is 6.92 Å². The minimum atomic E-state index is -0.378. The molecule has 102 valence electrons. The van der Waals surface area contributed by atoms with E-state index in [2.05, 4.69) is 9.97 Å². The Balaban J connectivity index is 2.15. The molecule has 0 atom stereocenters. The van der Waals surface area contributed by atoms with Crippen LogP contribution in [-0.4, -0.2) is 14.5 Å². The molecule has 5 nitrogen and oxygen atoms in total. The Kier molecular flexibility index (Phi) is 4.55. The summed E-state index contributed by atoms with van der Waals surface area (Å²) in [5.41, 5.74) is 0.781. The van der Waals surface area contributed by atoms with Gasteiger partial charge in [0.1, 0.15) is 0 Å². The molecule has 2 aromatic rings. The van der Waals surface area contributed by atoms with E-state index in [1.165, 1.54) is 15.9 Å². The standard InChI is InChI=1S/C12H14ClN3O2S/c1-2-8-6-16(12(18)15-11(8)17)4-3-10-14-9(5-13)7-19-10/h6-7H,2-5H2,1H3,(H,15,17,18). The molecule has 0 saturated heterocycles. The maximum atomic E-state index is 11.7. The van der Waals surface area contributed by atoms with Crippen LogP contribution in [-0.2, 0) is 25.3 Å². The summed E-state index contributed by atoms with van der Waals surface area (Å²) in [5.74, 6) is 0.398. The second-order valence-corrected chi connectivity index (χ2v) is 5.29. The first-order valence-electron chi connectivity index (χ1n) is 5.96. The quantitative estimate of drug-likeness (QED) is 0.852. The highest BCUT2D eigenvalue weighted by Crippen LogP contribution is 2.12. The first-order chi connectivity index (χ1) is 9.13. The summed E-state index contributed by atoms with van der Waals surface area (Å²) in [5, 5.41) is 2.85. The Bertz CT molecular complexity index is 674. The van der Waals surface area contributed by atoms with Crippen molar-refractivity contribution in [2.75, 3.05) is 0 Å². The number of nitrogens with zero attached hydrogens (tertiary/aromatic N) is 2. The van der Waals surface area contributed by atoms with Crippen molar-refractivity contribution in [1.82, 2.24) is 14.5 Å². The predicted octanol–water partition coefficient (Wildman–Crippen LogP) is 1.54. The van der Waals surface area contributed by atoms with Gasteiger partial charge in [0.15, 0.2) is 0 Å². The molecule has 2 rings (SSSR count). The Morgan fingerprint density at radius 3 is 2.89 bits per heavy atom. The molecule has 0 amide bonds. The van der Waals surface area contributed by atoms with Gasteiger partial charge < -0.3 is 0 Å². The minimum absolute atomic E-state index is 0.303. The van der Waals surface area contributed by atoms with Gasteiger partial charge in [0.2, 0.25) is 0 Å². The maximum Gasteiger partial charge on any atom is 0.328 e. The molecule has 2 aromatic heterocycles. The van der Waals surface area contributed by atoms with E-state index in [0.29, 0.717) is 30.8 Å². The van der Waals surface area contributed by atoms with Crippen LogP contribution in [0.25, 0.3) is 0 Å². The average Bonchev–Trinajstić information content (AvgIpc) is 2.86. The van der Waals surface area contributed by atoms with Crippen LogP contribution >= 0.6 is 22.9 Å². The van der Waals surface area contributed by atoms with Crippen LogP contribution in [0.2, 0.25) is 0 Å². The molecule has 0 aromatic carbocycles. The first-order valence-corrected chi connectivity index (χ1v) is 7.37. The SMILES string of the molecule is CCc1cn(CCc2nc(CCl)cs2)c(=O)[nH]c1=O. The molecule has 2 heterocycles. The van der Waals surface area contributed by atoms with E-state index in [1.807, 2.05) is 12.3 Å². The highest BCUT2D eigenvalue weighted by Gasteiger charge is 2.05. The molecule has 0 bridgehead atoms. The van der Waals surface area contributed by atoms with E-state index >= 15 is 0 Å². The number of halogens is 1. The molecule has 19 heavy (non-hydrogen) atoms. The molecule has 0 aliphatic rings. The minimum Gasteiger partial charge on any atom is -0.300 e. The molecular formula is C12H14ClN3O2S. The van der Waals surface area contributed by atoms with E-state index in [1.54, 1.807) is 6.20 Å². The normalized spacial score (nSPS) is 10.8. The molecule has 0 aliphatic heterocycles.